The summed E-state index contributed by atoms with van der Waals surface area (Å²) < 4.78 is 25.1. The third kappa shape index (κ3) is 6.06. The van der Waals surface area contributed by atoms with Crippen molar-refractivity contribution in [2.45, 2.75) is 33.6 Å². The van der Waals surface area contributed by atoms with Gasteiger partial charge in [0.15, 0.2) is 11.6 Å². The molecule has 0 heterocycles. The molecular weight excluding hydrogens is 367 g/mol. The zero-order valence-corrected chi connectivity index (χ0v) is 14.9. The first kappa shape index (κ1) is 19.2. The van der Waals surface area contributed by atoms with E-state index in [1.165, 1.54) is 19.1 Å². The average molecular weight is 387 g/mol. The first-order chi connectivity index (χ1) is 10.9. The van der Waals surface area contributed by atoms with Crippen molar-refractivity contribution in [1.82, 2.24) is 0 Å². The molecule has 126 valence electrons. The van der Waals surface area contributed by atoms with Gasteiger partial charge in [-0.05, 0) is 41.9 Å². The van der Waals surface area contributed by atoms with E-state index >= 15 is 0 Å². The number of benzene rings is 1. The number of halogens is 2. The van der Waals surface area contributed by atoms with Crippen molar-refractivity contribution in [3.8, 4) is 5.75 Å². The van der Waals surface area contributed by atoms with E-state index in [0.29, 0.717) is 22.2 Å². The minimum Gasteiger partial charge on any atom is -0.511 e. The molecular formula is C17H20BrFO4. The fourth-order valence-electron chi connectivity index (χ4n) is 1.76. The van der Waals surface area contributed by atoms with Gasteiger partial charge in [0.25, 0.3) is 0 Å². The number of aliphatic hydroxyl groups excluding tert-OH is 1. The number of esters is 1. The van der Waals surface area contributed by atoms with Crippen molar-refractivity contribution in [3.05, 3.63) is 51.7 Å². The van der Waals surface area contributed by atoms with Crippen LogP contribution in [-0.4, -0.2) is 17.7 Å². The highest BCUT2D eigenvalue weighted by Crippen LogP contribution is 2.27. The van der Waals surface area contributed by atoms with Crippen LogP contribution in [0.4, 0.5) is 4.39 Å². The molecule has 1 aromatic carbocycles. The van der Waals surface area contributed by atoms with E-state index in [1.54, 1.807) is 19.1 Å². The first-order valence-electron chi connectivity index (χ1n) is 7.25. The fourth-order valence-corrected chi connectivity index (χ4v) is 2.01. The molecule has 0 fully saturated rings. The van der Waals surface area contributed by atoms with Crippen molar-refractivity contribution in [1.29, 1.82) is 0 Å². The molecule has 0 unspecified atom stereocenters. The van der Waals surface area contributed by atoms with Gasteiger partial charge in [-0.1, -0.05) is 19.1 Å². The maximum absolute atomic E-state index is 14.1. The van der Waals surface area contributed by atoms with Gasteiger partial charge in [-0.15, -0.1) is 0 Å². The van der Waals surface area contributed by atoms with Crippen LogP contribution in [0.3, 0.4) is 0 Å². The van der Waals surface area contributed by atoms with Crippen molar-refractivity contribution in [2.24, 2.45) is 0 Å². The smallest absolute Gasteiger partial charge is 0.310 e. The monoisotopic (exact) mass is 386 g/mol. The Balaban J connectivity index is 3.11. The summed E-state index contributed by atoms with van der Waals surface area (Å²) in [5.74, 6) is -0.492. The minimum atomic E-state index is -0.563. The molecule has 0 saturated heterocycles. The lowest BCUT2D eigenvalue weighted by Crippen LogP contribution is -2.10. The summed E-state index contributed by atoms with van der Waals surface area (Å²) >= 11 is 3.20. The van der Waals surface area contributed by atoms with Gasteiger partial charge in [-0.25, -0.2) is 4.39 Å². The Bertz CT molecular complexity index is 619. The number of aliphatic hydroxyl groups is 1. The molecule has 4 nitrogen and oxygen atoms in total. The topological polar surface area (TPSA) is 55.8 Å². The number of allylic oxidation sites excluding steroid dienone is 4. The van der Waals surface area contributed by atoms with Crippen LogP contribution >= 0.6 is 15.9 Å². The summed E-state index contributed by atoms with van der Waals surface area (Å²) in [6.07, 6.45) is 1.97. The standard InChI is InChI=1S/C17H20BrFO4/c1-4-13(10-14(18)11(3)20)23-17-12(7-6-8-15(17)19)9-16(21)22-5-2/h6-8,10,20H,4-5,9H2,1-3H3/b13-10?,14-11-. The number of carbonyl (C=O) groups is 1. The highest BCUT2D eigenvalue weighted by Gasteiger charge is 2.15. The lowest BCUT2D eigenvalue weighted by Gasteiger charge is -2.13. The van der Waals surface area contributed by atoms with Crippen LogP contribution < -0.4 is 4.74 Å². The molecule has 23 heavy (non-hydrogen) atoms. The van der Waals surface area contributed by atoms with Crippen LogP contribution in [0.1, 0.15) is 32.8 Å². The predicted molar refractivity (Wildman–Crippen MR) is 90.0 cm³/mol. The molecule has 0 bridgehead atoms. The van der Waals surface area contributed by atoms with E-state index in [1.807, 2.05) is 6.92 Å². The zero-order chi connectivity index (χ0) is 17.4. The molecule has 0 aliphatic rings. The lowest BCUT2D eigenvalue weighted by atomic mass is 10.1. The summed E-state index contributed by atoms with van der Waals surface area (Å²) in [5, 5.41) is 9.42. The lowest BCUT2D eigenvalue weighted by molar-refractivity contribution is -0.142. The molecule has 0 aromatic heterocycles. The number of hydrogen-bond donors (Lipinski definition) is 1. The summed E-state index contributed by atoms with van der Waals surface area (Å²) in [7, 11) is 0. The highest BCUT2D eigenvalue weighted by molar-refractivity contribution is 9.11. The van der Waals surface area contributed by atoms with Gasteiger partial charge in [0.1, 0.15) is 11.5 Å². The molecule has 0 radical (unpaired) electrons. The fraction of sp³-hybridized carbons (Fsp3) is 0.353. The summed E-state index contributed by atoms with van der Waals surface area (Å²) in [6.45, 7) is 5.33. The van der Waals surface area contributed by atoms with Crippen LogP contribution in [0.25, 0.3) is 0 Å². The molecule has 1 N–H and O–H groups in total. The number of carbonyl (C=O) groups excluding carboxylic acids is 1. The maximum Gasteiger partial charge on any atom is 0.310 e. The highest BCUT2D eigenvalue weighted by atomic mass is 79.9. The second-order valence-electron chi connectivity index (χ2n) is 4.71. The van der Waals surface area contributed by atoms with Gasteiger partial charge in [-0.3, -0.25) is 4.79 Å². The van der Waals surface area contributed by atoms with Gasteiger partial charge in [-0.2, -0.15) is 0 Å². The number of hydrogen-bond acceptors (Lipinski definition) is 4. The molecule has 0 saturated carbocycles. The minimum absolute atomic E-state index is 0.00968. The van der Waals surface area contributed by atoms with Gasteiger partial charge in [0.05, 0.1) is 17.5 Å². The van der Waals surface area contributed by atoms with Gasteiger partial charge >= 0.3 is 5.97 Å². The van der Waals surface area contributed by atoms with Crippen LogP contribution in [0, 0.1) is 5.82 Å². The summed E-state index contributed by atoms with van der Waals surface area (Å²) in [4.78, 5) is 11.6. The van der Waals surface area contributed by atoms with Crippen molar-refractivity contribution in [3.63, 3.8) is 0 Å². The molecule has 0 atom stereocenters. The van der Waals surface area contributed by atoms with Crippen LogP contribution in [0.15, 0.2) is 40.3 Å². The molecule has 1 aromatic rings. The predicted octanol–water partition coefficient (Wildman–Crippen LogP) is 4.79. The normalized spacial score (nSPS) is 12.7. The Morgan fingerprint density at radius 1 is 1.39 bits per heavy atom. The number of para-hydroxylation sites is 1. The molecule has 1 rings (SSSR count). The second kappa shape index (κ2) is 9.35. The largest absolute Gasteiger partial charge is 0.511 e. The Hall–Kier alpha value is -1.82. The number of ether oxygens (including phenoxy) is 2. The Labute approximate surface area is 143 Å². The van der Waals surface area contributed by atoms with Crippen molar-refractivity contribution < 1.29 is 23.8 Å². The molecule has 6 heteroatoms. The Morgan fingerprint density at radius 2 is 2.09 bits per heavy atom. The van der Waals surface area contributed by atoms with E-state index in [0.717, 1.165) is 0 Å². The average Bonchev–Trinajstić information content (AvgIpc) is 2.49. The second-order valence-corrected chi connectivity index (χ2v) is 5.56. The molecule has 0 spiro atoms. The van der Waals surface area contributed by atoms with Crippen LogP contribution in [0.5, 0.6) is 5.75 Å². The van der Waals surface area contributed by atoms with E-state index in [-0.39, 0.29) is 24.5 Å². The Morgan fingerprint density at radius 3 is 2.65 bits per heavy atom. The van der Waals surface area contributed by atoms with Crippen molar-refractivity contribution in [2.75, 3.05) is 6.61 Å². The zero-order valence-electron chi connectivity index (χ0n) is 13.4. The van der Waals surface area contributed by atoms with E-state index in [2.05, 4.69) is 15.9 Å². The summed E-state index contributed by atoms with van der Waals surface area (Å²) in [6, 6.07) is 4.39. The first-order valence-corrected chi connectivity index (χ1v) is 8.05. The van der Waals surface area contributed by atoms with Crippen LogP contribution in [-0.2, 0) is 16.0 Å². The van der Waals surface area contributed by atoms with Gasteiger partial charge in [0, 0.05) is 12.0 Å². The molecule has 0 aliphatic carbocycles. The quantitative estimate of drug-likeness (QED) is 0.415. The number of rotatable bonds is 7. The third-order valence-corrected chi connectivity index (χ3v) is 3.71. The van der Waals surface area contributed by atoms with E-state index < -0.39 is 11.8 Å². The molecule has 0 aliphatic heterocycles. The van der Waals surface area contributed by atoms with Crippen molar-refractivity contribution >= 4 is 21.9 Å². The summed E-state index contributed by atoms with van der Waals surface area (Å²) in [5.41, 5.74) is 0.406. The van der Waals surface area contributed by atoms with E-state index in [4.69, 9.17) is 9.47 Å². The SMILES string of the molecule is CCOC(=O)Cc1cccc(F)c1OC(=C/C(Br)=C(\C)O)CC. The van der Waals surface area contributed by atoms with Crippen LogP contribution in [0.2, 0.25) is 0 Å². The molecule has 0 amide bonds. The third-order valence-electron chi connectivity index (χ3n) is 2.90. The van der Waals surface area contributed by atoms with Gasteiger partial charge < -0.3 is 14.6 Å². The Kier molecular flexibility index (Phi) is 7.81. The van der Waals surface area contributed by atoms with E-state index in [9.17, 15) is 14.3 Å². The van der Waals surface area contributed by atoms with Gasteiger partial charge in [0.2, 0.25) is 0 Å². The maximum atomic E-state index is 14.1.